The number of likely N-dealkylation sites (tertiary alicyclic amines) is 1. The van der Waals surface area contributed by atoms with E-state index in [1.807, 2.05) is 42.5 Å². The number of nitrogens with zero attached hydrogens (tertiary/aromatic N) is 2. The van der Waals surface area contributed by atoms with Crippen molar-refractivity contribution < 1.29 is 19.1 Å². The summed E-state index contributed by atoms with van der Waals surface area (Å²) in [5, 5.41) is 2.82. The summed E-state index contributed by atoms with van der Waals surface area (Å²) in [6.45, 7) is 1.10. The second-order valence-electron chi connectivity index (χ2n) is 7.28. The van der Waals surface area contributed by atoms with Gasteiger partial charge in [0.05, 0.1) is 32.1 Å². The van der Waals surface area contributed by atoms with Gasteiger partial charge >= 0.3 is 0 Å². The molecular weight excluding hydrogens is 370 g/mol. The second kappa shape index (κ2) is 8.13. The summed E-state index contributed by atoms with van der Waals surface area (Å²) in [5.74, 6) is 1.30. The SMILES string of the molecule is COc1ccc(OC)c([C@@H]2CCCN2CC(=O)N2CC(=O)Nc3ccccc32)c1. The predicted octanol–water partition coefficient (Wildman–Crippen LogP) is 2.83. The van der Waals surface area contributed by atoms with Crippen LogP contribution < -0.4 is 19.7 Å². The van der Waals surface area contributed by atoms with Gasteiger partial charge in [-0.2, -0.15) is 0 Å². The van der Waals surface area contributed by atoms with E-state index in [0.29, 0.717) is 5.69 Å². The van der Waals surface area contributed by atoms with Crippen molar-refractivity contribution in [1.82, 2.24) is 4.90 Å². The van der Waals surface area contributed by atoms with Crippen molar-refractivity contribution in [3.8, 4) is 11.5 Å². The first-order chi connectivity index (χ1) is 14.1. The molecule has 2 aliphatic rings. The average Bonchev–Trinajstić information content (AvgIpc) is 3.20. The Morgan fingerprint density at radius 1 is 1.17 bits per heavy atom. The van der Waals surface area contributed by atoms with Gasteiger partial charge in [-0.25, -0.2) is 0 Å². The maximum absolute atomic E-state index is 13.2. The van der Waals surface area contributed by atoms with Gasteiger partial charge in [-0.1, -0.05) is 12.1 Å². The highest BCUT2D eigenvalue weighted by Crippen LogP contribution is 2.39. The first kappa shape index (κ1) is 19.3. The van der Waals surface area contributed by atoms with Gasteiger partial charge in [0.2, 0.25) is 11.8 Å². The van der Waals surface area contributed by atoms with Crippen molar-refractivity contribution in [3.05, 3.63) is 48.0 Å². The Morgan fingerprint density at radius 3 is 2.79 bits per heavy atom. The minimum atomic E-state index is -0.176. The molecule has 0 saturated carbocycles. The van der Waals surface area contributed by atoms with Crippen molar-refractivity contribution in [2.24, 2.45) is 0 Å². The molecule has 2 amide bonds. The largest absolute Gasteiger partial charge is 0.497 e. The maximum atomic E-state index is 13.2. The Bertz CT molecular complexity index is 930. The van der Waals surface area contributed by atoms with Gasteiger partial charge in [-0.15, -0.1) is 0 Å². The number of benzene rings is 2. The number of hydrogen-bond acceptors (Lipinski definition) is 5. The third kappa shape index (κ3) is 3.78. The third-order valence-corrected chi connectivity index (χ3v) is 5.57. The van der Waals surface area contributed by atoms with Crippen LogP contribution >= 0.6 is 0 Å². The van der Waals surface area contributed by atoms with Crippen molar-refractivity contribution in [1.29, 1.82) is 0 Å². The number of nitrogens with one attached hydrogen (secondary N) is 1. The molecule has 1 fully saturated rings. The Kier molecular flexibility index (Phi) is 5.40. The number of carbonyl (C=O) groups is 2. The summed E-state index contributed by atoms with van der Waals surface area (Å²) in [7, 11) is 3.29. The van der Waals surface area contributed by atoms with Gasteiger partial charge in [-0.3, -0.25) is 19.4 Å². The molecule has 2 aromatic rings. The molecule has 7 nitrogen and oxygen atoms in total. The van der Waals surface area contributed by atoms with E-state index in [9.17, 15) is 9.59 Å². The summed E-state index contributed by atoms with van der Waals surface area (Å²) in [4.78, 5) is 29.0. The normalized spacial score (nSPS) is 18.9. The summed E-state index contributed by atoms with van der Waals surface area (Å²) in [6, 6.07) is 13.2. The van der Waals surface area contributed by atoms with Crippen LogP contribution in [0.4, 0.5) is 11.4 Å². The number of methoxy groups -OCH3 is 2. The fourth-order valence-corrected chi connectivity index (χ4v) is 4.18. The van der Waals surface area contributed by atoms with E-state index in [0.717, 1.165) is 42.1 Å². The molecule has 1 N–H and O–H groups in total. The average molecular weight is 395 g/mol. The molecule has 1 atom stereocenters. The molecule has 0 bridgehead atoms. The summed E-state index contributed by atoms with van der Waals surface area (Å²) in [6.07, 6.45) is 1.93. The fraction of sp³-hybridized carbons (Fsp3) is 0.364. The quantitative estimate of drug-likeness (QED) is 0.843. The van der Waals surface area contributed by atoms with E-state index in [2.05, 4.69) is 10.2 Å². The van der Waals surface area contributed by atoms with Crippen LogP contribution in [-0.2, 0) is 9.59 Å². The number of hydrogen-bond donors (Lipinski definition) is 1. The molecule has 2 aromatic carbocycles. The molecule has 4 rings (SSSR count). The van der Waals surface area contributed by atoms with Crippen molar-refractivity contribution in [2.45, 2.75) is 18.9 Å². The molecule has 29 heavy (non-hydrogen) atoms. The van der Waals surface area contributed by atoms with E-state index < -0.39 is 0 Å². The molecular formula is C22H25N3O4. The smallest absolute Gasteiger partial charge is 0.244 e. The van der Waals surface area contributed by atoms with E-state index in [1.54, 1.807) is 19.1 Å². The number of rotatable bonds is 5. The lowest BCUT2D eigenvalue weighted by Crippen LogP contribution is -2.46. The topological polar surface area (TPSA) is 71.1 Å². The highest BCUT2D eigenvalue weighted by atomic mass is 16.5. The minimum absolute atomic E-state index is 0.0385. The number of amides is 2. The van der Waals surface area contributed by atoms with Crippen molar-refractivity contribution in [3.63, 3.8) is 0 Å². The molecule has 152 valence electrons. The number of fused-ring (bicyclic) bond motifs is 1. The molecule has 0 aromatic heterocycles. The zero-order valence-electron chi connectivity index (χ0n) is 16.7. The highest BCUT2D eigenvalue weighted by Gasteiger charge is 2.33. The lowest BCUT2D eigenvalue weighted by molar-refractivity contribution is -0.122. The Balaban J connectivity index is 1.57. The number of para-hydroxylation sites is 2. The van der Waals surface area contributed by atoms with Crippen LogP contribution in [0, 0.1) is 0 Å². The van der Waals surface area contributed by atoms with Gasteiger partial charge in [0.25, 0.3) is 0 Å². The third-order valence-electron chi connectivity index (χ3n) is 5.57. The van der Waals surface area contributed by atoms with Crippen LogP contribution in [0.5, 0.6) is 11.5 Å². The number of ether oxygens (including phenoxy) is 2. The van der Waals surface area contributed by atoms with Gasteiger partial charge in [0.1, 0.15) is 18.0 Å². The standard InChI is InChI=1S/C22H25N3O4/c1-28-15-9-10-20(29-2)16(12-15)18-8-5-11-24(18)14-22(27)25-13-21(26)23-17-6-3-4-7-19(17)25/h3-4,6-7,9-10,12,18H,5,8,11,13-14H2,1-2H3,(H,23,26)/t18-/m0/s1. The van der Waals surface area contributed by atoms with Gasteiger partial charge in [0.15, 0.2) is 0 Å². The molecule has 0 spiro atoms. The Morgan fingerprint density at radius 2 is 2.00 bits per heavy atom. The fourth-order valence-electron chi connectivity index (χ4n) is 4.18. The summed E-state index contributed by atoms with van der Waals surface area (Å²) >= 11 is 0. The van der Waals surface area contributed by atoms with E-state index >= 15 is 0 Å². The second-order valence-corrected chi connectivity index (χ2v) is 7.28. The molecule has 0 unspecified atom stereocenters. The number of carbonyl (C=O) groups excluding carboxylic acids is 2. The predicted molar refractivity (Wildman–Crippen MR) is 111 cm³/mol. The Hall–Kier alpha value is -3.06. The van der Waals surface area contributed by atoms with Crippen LogP contribution in [0.3, 0.4) is 0 Å². The van der Waals surface area contributed by atoms with Crippen LogP contribution in [-0.4, -0.2) is 50.6 Å². The van der Waals surface area contributed by atoms with E-state index in [4.69, 9.17) is 9.47 Å². The maximum Gasteiger partial charge on any atom is 0.244 e. The van der Waals surface area contributed by atoms with Crippen LogP contribution in [0.25, 0.3) is 0 Å². The van der Waals surface area contributed by atoms with E-state index in [1.165, 1.54) is 0 Å². The van der Waals surface area contributed by atoms with Gasteiger partial charge in [-0.05, 0) is 49.7 Å². The molecule has 0 aliphatic carbocycles. The molecule has 2 heterocycles. The summed E-state index contributed by atoms with van der Waals surface area (Å²) in [5.41, 5.74) is 2.44. The zero-order chi connectivity index (χ0) is 20.4. The van der Waals surface area contributed by atoms with Crippen molar-refractivity contribution >= 4 is 23.2 Å². The lowest BCUT2D eigenvalue weighted by Gasteiger charge is -2.32. The zero-order valence-corrected chi connectivity index (χ0v) is 16.7. The summed E-state index contributed by atoms with van der Waals surface area (Å²) < 4.78 is 10.9. The monoisotopic (exact) mass is 395 g/mol. The minimum Gasteiger partial charge on any atom is -0.497 e. The van der Waals surface area contributed by atoms with Crippen LogP contribution in [0.1, 0.15) is 24.4 Å². The van der Waals surface area contributed by atoms with Crippen LogP contribution in [0.15, 0.2) is 42.5 Å². The number of anilines is 2. The van der Waals surface area contributed by atoms with E-state index in [-0.39, 0.29) is 30.9 Å². The first-order valence-electron chi connectivity index (χ1n) is 9.76. The molecule has 7 heteroatoms. The molecule has 2 aliphatic heterocycles. The molecule has 1 saturated heterocycles. The Labute approximate surface area is 170 Å². The van der Waals surface area contributed by atoms with Crippen molar-refractivity contribution in [2.75, 3.05) is 44.1 Å². The molecule has 0 radical (unpaired) electrons. The first-order valence-corrected chi connectivity index (χ1v) is 9.76. The lowest BCUT2D eigenvalue weighted by atomic mass is 10.0. The van der Waals surface area contributed by atoms with Crippen LogP contribution in [0.2, 0.25) is 0 Å². The van der Waals surface area contributed by atoms with Gasteiger partial charge in [0, 0.05) is 11.6 Å². The van der Waals surface area contributed by atoms with Gasteiger partial charge < -0.3 is 14.8 Å². The highest BCUT2D eigenvalue weighted by molar-refractivity contribution is 6.10.